The highest BCUT2D eigenvalue weighted by molar-refractivity contribution is 5.93. The number of hydrogen-bond acceptors (Lipinski definition) is 5. The summed E-state index contributed by atoms with van der Waals surface area (Å²) >= 11 is 0. The summed E-state index contributed by atoms with van der Waals surface area (Å²) < 4.78 is 6.11. The van der Waals surface area contributed by atoms with Crippen LogP contribution >= 0.6 is 0 Å². The van der Waals surface area contributed by atoms with Crippen molar-refractivity contribution in [2.24, 2.45) is 0 Å². The zero-order valence-electron chi connectivity index (χ0n) is 15.1. The fraction of sp³-hybridized carbons (Fsp3) is 0.450. The van der Waals surface area contributed by atoms with E-state index in [1.807, 2.05) is 25.1 Å². The van der Waals surface area contributed by atoms with Crippen LogP contribution in [0, 0.1) is 0 Å². The second-order valence-corrected chi connectivity index (χ2v) is 6.53. The third-order valence-corrected chi connectivity index (χ3v) is 4.57. The van der Waals surface area contributed by atoms with Gasteiger partial charge in [-0.1, -0.05) is 43.2 Å². The first-order valence-electron chi connectivity index (χ1n) is 9.28. The van der Waals surface area contributed by atoms with Gasteiger partial charge in [0, 0.05) is 18.9 Å². The van der Waals surface area contributed by atoms with E-state index in [1.165, 1.54) is 0 Å². The Kier molecular flexibility index (Phi) is 6.55. The summed E-state index contributed by atoms with van der Waals surface area (Å²) in [7, 11) is 0. The molecule has 2 N–H and O–H groups in total. The topological polar surface area (TPSA) is 76.1 Å². The van der Waals surface area contributed by atoms with Gasteiger partial charge < -0.3 is 15.4 Å². The van der Waals surface area contributed by atoms with E-state index in [-0.39, 0.29) is 18.1 Å². The number of nitrogens with one attached hydrogen (secondary N) is 2. The molecule has 1 saturated carbocycles. The van der Waals surface area contributed by atoms with E-state index in [0.717, 1.165) is 37.8 Å². The van der Waals surface area contributed by atoms with Gasteiger partial charge in [0.25, 0.3) is 5.91 Å². The van der Waals surface area contributed by atoms with Gasteiger partial charge >= 0.3 is 0 Å². The van der Waals surface area contributed by atoms with Crippen LogP contribution in [-0.2, 0) is 11.3 Å². The molecule has 0 bridgehead atoms. The Morgan fingerprint density at radius 1 is 1.15 bits per heavy atom. The molecule has 0 spiro atoms. The Morgan fingerprint density at radius 3 is 2.62 bits per heavy atom. The Hall–Kier alpha value is -2.47. The van der Waals surface area contributed by atoms with Crippen molar-refractivity contribution in [3.63, 3.8) is 0 Å². The van der Waals surface area contributed by atoms with Crippen molar-refractivity contribution in [3.8, 4) is 0 Å². The summed E-state index contributed by atoms with van der Waals surface area (Å²) in [5, 5.41) is 6.13. The lowest BCUT2D eigenvalue weighted by molar-refractivity contribution is -0.00462. The van der Waals surface area contributed by atoms with Crippen LogP contribution in [0.1, 0.15) is 48.5 Å². The molecule has 138 valence electrons. The monoisotopic (exact) mass is 354 g/mol. The van der Waals surface area contributed by atoms with Crippen molar-refractivity contribution in [2.75, 3.05) is 11.9 Å². The lowest BCUT2D eigenvalue weighted by Crippen LogP contribution is -2.46. The van der Waals surface area contributed by atoms with Gasteiger partial charge in [0.2, 0.25) is 5.95 Å². The molecule has 2 aromatic rings. The summed E-state index contributed by atoms with van der Waals surface area (Å²) in [4.78, 5) is 20.9. The van der Waals surface area contributed by atoms with Crippen LogP contribution in [0.4, 0.5) is 5.95 Å². The Bertz CT molecular complexity index is 691. The number of amides is 1. The zero-order chi connectivity index (χ0) is 18.2. The van der Waals surface area contributed by atoms with Gasteiger partial charge in [0.05, 0.1) is 24.3 Å². The van der Waals surface area contributed by atoms with Crippen LogP contribution in [-0.4, -0.2) is 34.6 Å². The van der Waals surface area contributed by atoms with Crippen LogP contribution in [0.2, 0.25) is 0 Å². The number of aromatic nitrogens is 2. The quantitative estimate of drug-likeness (QED) is 0.799. The van der Waals surface area contributed by atoms with Crippen molar-refractivity contribution in [1.82, 2.24) is 15.3 Å². The number of benzene rings is 1. The molecular weight excluding hydrogens is 328 g/mol. The maximum Gasteiger partial charge on any atom is 0.254 e. The predicted molar refractivity (Wildman–Crippen MR) is 101 cm³/mol. The van der Waals surface area contributed by atoms with Crippen LogP contribution in [0.5, 0.6) is 0 Å². The van der Waals surface area contributed by atoms with Gasteiger partial charge in [-0.25, -0.2) is 9.97 Å². The fourth-order valence-corrected chi connectivity index (χ4v) is 3.19. The standard InChI is InChI=1S/C20H26N4O2/c1-2-21-20-22-12-16(13-23-20)19(25)24-17-10-6-7-11-18(17)26-14-15-8-4-3-5-9-15/h3-5,8-9,12-13,17-18H,2,6-7,10-11,14H2,1H3,(H,24,25)(H,21,22,23)/t17-,18-/m1/s1. The smallest absolute Gasteiger partial charge is 0.254 e. The first-order valence-corrected chi connectivity index (χ1v) is 9.28. The lowest BCUT2D eigenvalue weighted by atomic mass is 9.92. The van der Waals surface area contributed by atoms with Gasteiger partial charge in [0.1, 0.15) is 0 Å². The Balaban J connectivity index is 1.57. The molecule has 1 fully saturated rings. The zero-order valence-corrected chi connectivity index (χ0v) is 15.1. The average Bonchev–Trinajstić information content (AvgIpc) is 2.69. The van der Waals surface area contributed by atoms with Crippen LogP contribution in [0.3, 0.4) is 0 Å². The Morgan fingerprint density at radius 2 is 1.88 bits per heavy atom. The van der Waals surface area contributed by atoms with Crippen molar-refractivity contribution in [1.29, 1.82) is 0 Å². The number of nitrogens with zero attached hydrogens (tertiary/aromatic N) is 2. The first kappa shape index (κ1) is 18.3. The normalized spacial score (nSPS) is 19.7. The van der Waals surface area contributed by atoms with Crippen LogP contribution < -0.4 is 10.6 Å². The van der Waals surface area contributed by atoms with E-state index >= 15 is 0 Å². The second kappa shape index (κ2) is 9.29. The van der Waals surface area contributed by atoms with Crippen molar-refractivity contribution in [2.45, 2.75) is 51.4 Å². The molecule has 1 aliphatic carbocycles. The molecule has 3 rings (SSSR count). The third-order valence-electron chi connectivity index (χ3n) is 4.57. The molecule has 1 aliphatic rings. The highest BCUT2D eigenvalue weighted by atomic mass is 16.5. The number of ether oxygens (including phenoxy) is 1. The number of carbonyl (C=O) groups is 1. The number of rotatable bonds is 7. The van der Waals surface area contributed by atoms with Gasteiger partial charge in [-0.05, 0) is 25.3 Å². The summed E-state index contributed by atoms with van der Waals surface area (Å²) in [6, 6.07) is 10.1. The number of anilines is 1. The summed E-state index contributed by atoms with van der Waals surface area (Å²) in [6.07, 6.45) is 7.29. The maximum atomic E-state index is 12.5. The molecule has 0 radical (unpaired) electrons. The van der Waals surface area contributed by atoms with Gasteiger partial charge in [-0.3, -0.25) is 4.79 Å². The lowest BCUT2D eigenvalue weighted by Gasteiger charge is -2.32. The highest BCUT2D eigenvalue weighted by Gasteiger charge is 2.27. The van der Waals surface area contributed by atoms with Crippen molar-refractivity contribution >= 4 is 11.9 Å². The van der Waals surface area contributed by atoms with Crippen LogP contribution in [0.15, 0.2) is 42.7 Å². The minimum atomic E-state index is -0.145. The molecule has 0 saturated heterocycles. The van der Waals surface area contributed by atoms with Crippen LogP contribution in [0.25, 0.3) is 0 Å². The molecule has 2 atom stereocenters. The first-order chi connectivity index (χ1) is 12.8. The van der Waals surface area contributed by atoms with Crippen molar-refractivity contribution in [3.05, 3.63) is 53.9 Å². The SMILES string of the molecule is CCNc1ncc(C(=O)N[C@@H]2CCCC[C@H]2OCc2ccccc2)cn1. The maximum absolute atomic E-state index is 12.5. The molecule has 0 aliphatic heterocycles. The molecule has 6 nitrogen and oxygen atoms in total. The van der Waals surface area contributed by atoms with E-state index in [4.69, 9.17) is 4.74 Å². The second-order valence-electron chi connectivity index (χ2n) is 6.53. The molecule has 6 heteroatoms. The largest absolute Gasteiger partial charge is 0.371 e. The third kappa shape index (κ3) is 5.02. The molecule has 0 unspecified atom stereocenters. The van der Waals surface area contributed by atoms with Gasteiger partial charge in [-0.15, -0.1) is 0 Å². The van der Waals surface area contributed by atoms with E-state index in [2.05, 4.69) is 32.7 Å². The van der Waals surface area contributed by atoms with Gasteiger partial charge in [-0.2, -0.15) is 0 Å². The summed E-state index contributed by atoms with van der Waals surface area (Å²) in [6.45, 7) is 3.29. The molecule has 1 amide bonds. The fourth-order valence-electron chi connectivity index (χ4n) is 3.19. The van der Waals surface area contributed by atoms with Gasteiger partial charge in [0.15, 0.2) is 0 Å². The molecular formula is C20H26N4O2. The highest BCUT2D eigenvalue weighted by Crippen LogP contribution is 2.23. The average molecular weight is 354 g/mol. The number of carbonyl (C=O) groups excluding carboxylic acids is 1. The molecule has 1 aromatic heterocycles. The van der Waals surface area contributed by atoms with E-state index in [1.54, 1.807) is 12.4 Å². The molecule has 1 heterocycles. The van der Waals surface area contributed by atoms with Crippen molar-refractivity contribution < 1.29 is 9.53 Å². The number of hydrogen-bond donors (Lipinski definition) is 2. The Labute approximate surface area is 154 Å². The van der Waals surface area contributed by atoms with E-state index in [9.17, 15) is 4.79 Å². The molecule has 26 heavy (non-hydrogen) atoms. The predicted octanol–water partition coefficient (Wildman–Crippen LogP) is 3.17. The summed E-state index contributed by atoms with van der Waals surface area (Å²) in [5.74, 6) is 0.388. The minimum absolute atomic E-state index is 0.0217. The molecule has 1 aromatic carbocycles. The van der Waals surface area contributed by atoms with E-state index < -0.39 is 0 Å². The minimum Gasteiger partial charge on any atom is -0.371 e. The summed E-state index contributed by atoms with van der Waals surface area (Å²) in [5.41, 5.74) is 1.62. The van der Waals surface area contributed by atoms with E-state index in [0.29, 0.717) is 18.1 Å².